The van der Waals surface area contributed by atoms with Gasteiger partial charge in [-0.1, -0.05) is 30.3 Å². The Hall–Kier alpha value is -3.93. The Morgan fingerprint density at radius 1 is 0.657 bits per heavy atom. The topological polar surface area (TPSA) is 62.9 Å². The van der Waals surface area contributed by atoms with Crippen molar-refractivity contribution in [2.45, 2.75) is 12.8 Å². The molecule has 0 spiro atoms. The zero-order chi connectivity index (χ0) is 24.6. The molecule has 0 aliphatic heterocycles. The Bertz CT molecular complexity index is 1230. The quantitative estimate of drug-likeness (QED) is 0.448. The maximum Gasteiger partial charge on any atom is 0.208 e. The fraction of sp³-hybridized carbons (Fsp3) is 0.276. The van der Waals surface area contributed by atoms with E-state index in [2.05, 4.69) is 52.8 Å². The van der Waals surface area contributed by atoms with E-state index in [9.17, 15) is 0 Å². The van der Waals surface area contributed by atoms with Crippen molar-refractivity contribution in [2.24, 2.45) is 0 Å². The second-order valence-electron chi connectivity index (χ2n) is 8.25. The van der Waals surface area contributed by atoms with Crippen LogP contribution in [0.2, 0.25) is 0 Å². The van der Waals surface area contributed by atoms with Crippen LogP contribution < -0.4 is 29.3 Å². The first-order valence-electron chi connectivity index (χ1n) is 11.7. The molecule has 3 aromatic rings. The number of benzene rings is 3. The van der Waals surface area contributed by atoms with Crippen LogP contribution in [0.25, 0.3) is 5.70 Å². The summed E-state index contributed by atoms with van der Waals surface area (Å²) >= 11 is 0. The Morgan fingerprint density at radius 3 is 1.83 bits per heavy atom. The highest BCUT2D eigenvalue weighted by Gasteiger charge is 2.22. The summed E-state index contributed by atoms with van der Waals surface area (Å²) in [6.07, 6.45) is 3.96. The molecule has 2 N–H and O–H groups in total. The van der Waals surface area contributed by atoms with E-state index in [1.807, 2.05) is 24.3 Å². The number of hydrogen-bond acceptors (Lipinski definition) is 5. The lowest BCUT2D eigenvalue weighted by Crippen LogP contribution is -2.73. The molecule has 0 saturated heterocycles. The van der Waals surface area contributed by atoms with Crippen molar-refractivity contribution in [3.63, 3.8) is 0 Å². The average Bonchev–Trinajstić information content (AvgIpc) is 3.26. The second kappa shape index (κ2) is 11.5. The Morgan fingerprint density at radius 2 is 1.23 bits per heavy atom. The fourth-order valence-electron chi connectivity index (χ4n) is 4.30. The molecule has 6 nitrogen and oxygen atoms in total. The molecular weight excluding hydrogens is 440 g/mol. The molecule has 0 radical (unpaired) electrons. The number of allylic oxidation sites excluding steroid dienone is 1. The summed E-state index contributed by atoms with van der Waals surface area (Å²) in [6.45, 7) is 1.63. The van der Waals surface area contributed by atoms with Gasteiger partial charge in [-0.15, -0.1) is 0 Å². The van der Waals surface area contributed by atoms with Gasteiger partial charge in [0.15, 0.2) is 23.0 Å². The van der Waals surface area contributed by atoms with Gasteiger partial charge in [-0.05, 0) is 47.9 Å². The van der Waals surface area contributed by atoms with Gasteiger partial charge in [0.25, 0.3) is 0 Å². The largest absolute Gasteiger partial charge is 0.493 e. The molecule has 182 valence electrons. The molecule has 1 aliphatic rings. The standard InChI is InChI=1S/C29H32N2O4/c1-32-26-11-9-20(17-28(26)34-3)13-15-30-24-19-25(23-8-6-5-7-22(23)24)31-16-14-21-10-12-27(33-2)29(18-21)35-4/h5-12,17-19,30H,13-16H2,1-4H3/p+1. The van der Waals surface area contributed by atoms with Crippen LogP contribution >= 0.6 is 0 Å². The minimum atomic E-state index is 0.745. The fourth-order valence-corrected chi connectivity index (χ4v) is 4.30. The Balaban J connectivity index is 1.42. The highest BCUT2D eigenvalue weighted by Crippen LogP contribution is 2.29. The molecule has 1 aliphatic carbocycles. The first kappa shape index (κ1) is 24.2. The van der Waals surface area contributed by atoms with Crippen molar-refractivity contribution >= 4 is 11.4 Å². The third kappa shape index (κ3) is 5.60. The van der Waals surface area contributed by atoms with E-state index >= 15 is 0 Å². The summed E-state index contributed by atoms with van der Waals surface area (Å²) in [4.78, 5) is 3.62. The average molecular weight is 474 g/mol. The summed E-state index contributed by atoms with van der Waals surface area (Å²) in [6, 6.07) is 20.6. The van der Waals surface area contributed by atoms with Gasteiger partial charge >= 0.3 is 0 Å². The summed E-state index contributed by atoms with van der Waals surface area (Å²) in [5, 5.41) is 3.62. The zero-order valence-corrected chi connectivity index (χ0v) is 20.8. The molecule has 4 rings (SSSR count). The first-order chi connectivity index (χ1) is 17.2. The number of nitrogens with one attached hydrogen (secondary N) is 2. The van der Waals surface area contributed by atoms with Crippen molar-refractivity contribution in [2.75, 3.05) is 41.5 Å². The molecule has 0 saturated carbocycles. The lowest BCUT2D eigenvalue weighted by molar-refractivity contribution is -0.454. The maximum absolute atomic E-state index is 5.43. The number of fused-ring (bicyclic) bond motifs is 1. The molecule has 3 aromatic carbocycles. The van der Waals surface area contributed by atoms with Gasteiger partial charge in [-0.25, -0.2) is 4.99 Å². The highest BCUT2D eigenvalue weighted by atomic mass is 16.5. The predicted molar refractivity (Wildman–Crippen MR) is 139 cm³/mol. The van der Waals surface area contributed by atoms with Crippen molar-refractivity contribution in [1.29, 1.82) is 0 Å². The second-order valence-corrected chi connectivity index (χ2v) is 8.25. The van der Waals surface area contributed by atoms with E-state index < -0.39 is 0 Å². The number of rotatable bonds is 11. The van der Waals surface area contributed by atoms with Crippen LogP contribution in [0, 0.1) is 0 Å². The molecule has 6 heteroatoms. The van der Waals surface area contributed by atoms with Crippen LogP contribution in [0.4, 0.5) is 0 Å². The van der Waals surface area contributed by atoms with Gasteiger partial charge in [0.05, 0.1) is 34.0 Å². The monoisotopic (exact) mass is 473 g/mol. The van der Waals surface area contributed by atoms with E-state index in [0.29, 0.717) is 0 Å². The lowest BCUT2D eigenvalue weighted by Gasteiger charge is -2.11. The number of ether oxygens (including phenoxy) is 4. The third-order valence-electron chi connectivity index (χ3n) is 6.15. The molecule has 0 fully saturated rings. The third-order valence-corrected chi connectivity index (χ3v) is 6.15. The van der Waals surface area contributed by atoms with Gasteiger partial charge < -0.3 is 24.3 Å². The van der Waals surface area contributed by atoms with Gasteiger partial charge in [-0.3, -0.25) is 0 Å². The molecular formula is C29H33N2O4+. The van der Waals surface area contributed by atoms with Crippen LogP contribution in [0.15, 0.2) is 66.7 Å². The van der Waals surface area contributed by atoms with Crippen LogP contribution in [-0.4, -0.2) is 47.2 Å². The van der Waals surface area contributed by atoms with Crippen LogP contribution in [0.3, 0.4) is 0 Å². The molecule has 0 amide bonds. The lowest BCUT2D eigenvalue weighted by atomic mass is 10.1. The smallest absolute Gasteiger partial charge is 0.208 e. The molecule has 0 heterocycles. The van der Waals surface area contributed by atoms with Gasteiger partial charge in [-0.2, -0.15) is 0 Å². The maximum atomic E-state index is 5.43. The van der Waals surface area contributed by atoms with Crippen molar-refractivity contribution in [1.82, 2.24) is 5.32 Å². The number of methoxy groups -OCH3 is 4. The van der Waals surface area contributed by atoms with Crippen molar-refractivity contribution < 1.29 is 23.9 Å². The van der Waals surface area contributed by atoms with Crippen LogP contribution in [0.5, 0.6) is 23.0 Å². The first-order valence-corrected chi connectivity index (χ1v) is 11.7. The Kier molecular flexibility index (Phi) is 7.93. The Labute approximate surface area is 207 Å². The summed E-state index contributed by atoms with van der Waals surface area (Å²) in [5.41, 5.74) is 7.09. The van der Waals surface area contributed by atoms with Crippen LogP contribution in [0.1, 0.15) is 22.3 Å². The van der Waals surface area contributed by atoms with E-state index in [1.54, 1.807) is 28.4 Å². The summed E-state index contributed by atoms with van der Waals surface area (Å²) in [7, 11) is 6.63. The molecule has 35 heavy (non-hydrogen) atoms. The number of hydrogen-bond donors (Lipinski definition) is 2. The van der Waals surface area contributed by atoms with E-state index in [1.165, 1.54) is 22.3 Å². The summed E-state index contributed by atoms with van der Waals surface area (Å²) < 4.78 is 21.5. The highest BCUT2D eigenvalue weighted by molar-refractivity contribution is 6.16. The van der Waals surface area contributed by atoms with Gasteiger partial charge in [0.2, 0.25) is 5.71 Å². The SMILES string of the molecule is COc1ccc(CCNC2=CC(=[NH+]CCc3ccc(OC)c(OC)c3)c3ccccc32)cc1OC. The van der Waals surface area contributed by atoms with Crippen LogP contribution in [-0.2, 0) is 12.8 Å². The zero-order valence-electron chi connectivity index (χ0n) is 20.8. The minimum absolute atomic E-state index is 0.745. The molecule has 0 aromatic heterocycles. The predicted octanol–water partition coefficient (Wildman–Crippen LogP) is 3.02. The van der Waals surface area contributed by atoms with E-state index in [4.69, 9.17) is 18.9 Å². The molecule has 0 bridgehead atoms. The van der Waals surface area contributed by atoms with E-state index in [0.717, 1.165) is 60.3 Å². The van der Waals surface area contributed by atoms with Crippen molar-refractivity contribution in [3.05, 3.63) is 89.0 Å². The minimum Gasteiger partial charge on any atom is -0.493 e. The van der Waals surface area contributed by atoms with Gasteiger partial charge in [0.1, 0.15) is 6.54 Å². The van der Waals surface area contributed by atoms with Crippen molar-refractivity contribution in [3.8, 4) is 23.0 Å². The van der Waals surface area contributed by atoms with E-state index in [-0.39, 0.29) is 0 Å². The normalized spacial score (nSPS) is 13.3. The molecule has 0 atom stereocenters. The molecule has 0 unspecified atom stereocenters. The summed E-state index contributed by atoms with van der Waals surface area (Å²) in [5.74, 6) is 3.00. The van der Waals surface area contributed by atoms with Gasteiger partial charge in [0, 0.05) is 30.3 Å².